The van der Waals surface area contributed by atoms with Gasteiger partial charge in [-0.1, -0.05) is 36.4 Å². The van der Waals surface area contributed by atoms with E-state index in [0.717, 1.165) is 21.3 Å². The van der Waals surface area contributed by atoms with Crippen molar-refractivity contribution in [2.45, 2.75) is 93.8 Å². The molecule has 3 N–H and O–H groups in total. The predicted molar refractivity (Wildman–Crippen MR) is 196 cm³/mol. The lowest BCUT2D eigenvalue weighted by molar-refractivity contribution is -0.387. The van der Waals surface area contributed by atoms with Gasteiger partial charge >= 0.3 is 18.2 Å². The smallest absolute Gasteiger partial charge is 0.410 e. The minimum Gasteiger partial charge on any atom is -0.479 e. The van der Waals surface area contributed by atoms with Gasteiger partial charge in [-0.05, 0) is 57.7 Å². The highest BCUT2D eigenvalue weighted by Gasteiger charge is 2.61. The second kappa shape index (κ2) is 15.7. The zero-order valence-electron chi connectivity index (χ0n) is 31.4. The number of nitro groups is 1. The Balaban J connectivity index is 1.33. The number of sulfonamides is 1. The molecule has 306 valence electrons. The van der Waals surface area contributed by atoms with E-state index in [2.05, 4.69) is 10.6 Å². The number of nitro benzene ring substituents is 1. The zero-order valence-corrected chi connectivity index (χ0v) is 32.2. The quantitative estimate of drug-likeness (QED) is 0.217. The summed E-state index contributed by atoms with van der Waals surface area (Å²) in [6.07, 6.45) is -0.601. The topological polar surface area (TPSA) is 235 Å². The van der Waals surface area contributed by atoms with E-state index in [4.69, 9.17) is 9.47 Å². The lowest BCUT2D eigenvalue weighted by Crippen LogP contribution is -2.57. The van der Waals surface area contributed by atoms with Crippen molar-refractivity contribution in [3.8, 4) is 0 Å². The molecule has 0 aromatic heterocycles. The van der Waals surface area contributed by atoms with Gasteiger partial charge in [0.25, 0.3) is 5.69 Å². The number of carbonyl (C=O) groups is 5. The molecule has 1 aliphatic carbocycles. The number of ether oxygens (including phenoxy) is 2. The van der Waals surface area contributed by atoms with Crippen LogP contribution in [0.15, 0.2) is 59.5 Å². The van der Waals surface area contributed by atoms with E-state index in [1.54, 1.807) is 32.9 Å². The van der Waals surface area contributed by atoms with Crippen LogP contribution in [0.1, 0.15) is 57.6 Å². The number of benzene rings is 2. The number of carbonyl (C=O) groups excluding carboxylic acids is 4. The first-order chi connectivity index (χ1) is 26.8. The summed E-state index contributed by atoms with van der Waals surface area (Å²) >= 11 is 0. The molecular formula is C37H43FN6O12S. The fraction of sp³-hybridized carbons (Fsp3) is 0.486. The zero-order chi connectivity index (χ0) is 41.4. The van der Waals surface area contributed by atoms with E-state index in [9.17, 15) is 52.0 Å². The fourth-order valence-electron chi connectivity index (χ4n) is 7.35. The molecule has 4 aliphatic rings. The van der Waals surface area contributed by atoms with E-state index >= 15 is 0 Å². The molecule has 0 unspecified atom stereocenters. The van der Waals surface area contributed by atoms with E-state index in [-0.39, 0.29) is 45.4 Å². The normalized spacial score (nSPS) is 26.1. The van der Waals surface area contributed by atoms with Crippen molar-refractivity contribution in [2.75, 3.05) is 19.6 Å². The van der Waals surface area contributed by atoms with Crippen molar-refractivity contribution in [3.05, 3.63) is 81.7 Å². The molecule has 3 aliphatic heterocycles. The highest BCUT2D eigenvalue weighted by Crippen LogP contribution is 2.45. The number of carboxylic acid groups (broad SMARTS) is 1. The van der Waals surface area contributed by atoms with E-state index in [1.165, 1.54) is 35.2 Å². The van der Waals surface area contributed by atoms with E-state index in [0.29, 0.717) is 11.1 Å². The Kier molecular flexibility index (Phi) is 11.3. The number of rotatable bonds is 6. The van der Waals surface area contributed by atoms with Gasteiger partial charge in [-0.3, -0.25) is 24.6 Å². The van der Waals surface area contributed by atoms with Crippen LogP contribution in [-0.2, 0) is 47.0 Å². The van der Waals surface area contributed by atoms with Crippen molar-refractivity contribution in [1.82, 2.24) is 24.7 Å². The minimum absolute atomic E-state index is 0.0171. The van der Waals surface area contributed by atoms with Crippen molar-refractivity contribution in [3.63, 3.8) is 0 Å². The molecule has 1 saturated heterocycles. The molecule has 3 heterocycles. The number of fused-ring (bicyclic) bond motifs is 3. The number of hydrogen-bond acceptors (Lipinski definition) is 11. The SMILES string of the molecule is CC(C)(C)OC(=O)N[C@H]1CCN(S(=O)(=O)c2ccccc2[N+](=O)[O-])CC/C=C\[C@H]2C[C@@]2(C(=O)O)NC(=O)[C@@H]2C[C@@H](OC(=O)N3Cc4cccc(F)c4C3)CN2C1=O. The number of nitrogens with zero attached hydrogens (tertiary/aromatic N) is 4. The predicted octanol–water partition coefficient (Wildman–Crippen LogP) is 3.05. The van der Waals surface area contributed by atoms with Gasteiger partial charge in [0, 0.05) is 43.6 Å². The highest BCUT2D eigenvalue weighted by atomic mass is 32.2. The van der Waals surface area contributed by atoms with Crippen molar-refractivity contribution in [1.29, 1.82) is 0 Å². The molecule has 0 radical (unpaired) electrons. The van der Waals surface area contributed by atoms with Gasteiger partial charge in [0.05, 0.1) is 18.0 Å². The van der Waals surface area contributed by atoms with Gasteiger partial charge in [0.1, 0.15) is 35.1 Å². The number of alkyl carbamates (subject to hydrolysis) is 1. The molecular weight excluding hydrogens is 772 g/mol. The molecule has 0 spiro atoms. The lowest BCUT2D eigenvalue weighted by Gasteiger charge is -2.31. The Morgan fingerprint density at radius 1 is 1.09 bits per heavy atom. The van der Waals surface area contributed by atoms with Crippen LogP contribution < -0.4 is 10.6 Å². The van der Waals surface area contributed by atoms with E-state index < -0.39 is 110 Å². The molecule has 18 nitrogen and oxygen atoms in total. The summed E-state index contributed by atoms with van der Waals surface area (Å²) in [5.74, 6) is -4.30. The first-order valence-corrected chi connectivity index (χ1v) is 19.7. The van der Waals surface area contributed by atoms with Gasteiger partial charge in [-0.15, -0.1) is 0 Å². The number of halogens is 1. The maximum Gasteiger partial charge on any atom is 0.410 e. The molecule has 2 aromatic rings. The third kappa shape index (κ3) is 8.70. The van der Waals surface area contributed by atoms with Crippen LogP contribution in [0.4, 0.5) is 19.7 Å². The van der Waals surface area contributed by atoms with Gasteiger partial charge in [0.2, 0.25) is 21.8 Å². The monoisotopic (exact) mass is 814 g/mol. The maximum atomic E-state index is 14.6. The average molecular weight is 815 g/mol. The Morgan fingerprint density at radius 2 is 1.82 bits per heavy atom. The first kappa shape index (κ1) is 41.0. The van der Waals surface area contributed by atoms with Crippen LogP contribution in [0, 0.1) is 21.8 Å². The third-order valence-corrected chi connectivity index (χ3v) is 12.2. The Morgan fingerprint density at radius 3 is 2.51 bits per heavy atom. The number of para-hydroxylation sites is 1. The minimum atomic E-state index is -4.61. The van der Waals surface area contributed by atoms with Crippen LogP contribution in [-0.4, -0.2) is 111 Å². The summed E-state index contributed by atoms with van der Waals surface area (Å²) in [7, 11) is -4.61. The van der Waals surface area contributed by atoms with Crippen LogP contribution >= 0.6 is 0 Å². The summed E-state index contributed by atoms with van der Waals surface area (Å²) in [6, 6.07) is 6.24. The molecule has 0 bridgehead atoms. The van der Waals surface area contributed by atoms with Crippen LogP contribution in [0.25, 0.3) is 0 Å². The molecule has 20 heteroatoms. The van der Waals surface area contributed by atoms with Gasteiger partial charge in [-0.2, -0.15) is 4.31 Å². The fourth-order valence-corrected chi connectivity index (χ4v) is 8.97. The molecule has 4 amide bonds. The Hall–Kier alpha value is -5.63. The van der Waals surface area contributed by atoms with Crippen molar-refractivity contribution < 1.29 is 56.3 Å². The summed E-state index contributed by atoms with van der Waals surface area (Å²) in [5.41, 5.74) is -2.56. The molecule has 1 saturated carbocycles. The van der Waals surface area contributed by atoms with Crippen molar-refractivity contribution >= 4 is 45.7 Å². The number of carboxylic acids is 1. The average Bonchev–Trinajstić information content (AvgIpc) is 3.42. The third-order valence-electron chi connectivity index (χ3n) is 10.3. The maximum absolute atomic E-state index is 14.6. The molecule has 2 fully saturated rings. The second-order valence-electron chi connectivity index (χ2n) is 15.4. The number of nitrogens with one attached hydrogen (secondary N) is 2. The summed E-state index contributed by atoms with van der Waals surface area (Å²) in [4.78, 5) is 80.3. The van der Waals surface area contributed by atoms with Gasteiger partial charge in [-0.25, -0.2) is 27.2 Å². The van der Waals surface area contributed by atoms with Crippen LogP contribution in [0.3, 0.4) is 0 Å². The highest BCUT2D eigenvalue weighted by molar-refractivity contribution is 7.89. The number of aliphatic carboxylic acids is 1. The molecule has 57 heavy (non-hydrogen) atoms. The Labute approximate surface area is 327 Å². The lowest BCUT2D eigenvalue weighted by atomic mass is 10.1. The largest absolute Gasteiger partial charge is 0.479 e. The second-order valence-corrected chi connectivity index (χ2v) is 17.3. The van der Waals surface area contributed by atoms with Crippen LogP contribution in [0.2, 0.25) is 0 Å². The summed E-state index contributed by atoms with van der Waals surface area (Å²) in [5, 5.41) is 27.1. The molecule has 2 aromatic carbocycles. The van der Waals surface area contributed by atoms with E-state index in [1.807, 2.05) is 0 Å². The standard InChI is InChI=1S/C37H43FN6O12S/c1-36(2,3)56-34(49)39-27-14-16-42(57(53,54)30-13-5-4-12-28(30)44(51)52)15-7-6-10-23-18-37(23,33(47)48)40-31(45)29-17-24(20-43(29)32(27)46)55-35(50)41-19-22-9-8-11-26(38)25(22)21-41/h4-6,8-13,23-24,27,29H,7,14-21H2,1-3H3,(H,39,49)(H,40,45)(H,47,48)/b10-6-/t23-,24+,27-,29-,37+/m0/s1. The van der Waals surface area contributed by atoms with Gasteiger partial charge in [0.15, 0.2) is 4.90 Å². The summed E-state index contributed by atoms with van der Waals surface area (Å²) < 4.78 is 54.7. The van der Waals surface area contributed by atoms with Crippen molar-refractivity contribution in [2.24, 2.45) is 5.92 Å². The van der Waals surface area contributed by atoms with Gasteiger partial charge < -0.3 is 30.1 Å². The number of hydrogen-bond donors (Lipinski definition) is 3. The Bertz CT molecular complexity index is 2130. The number of amides is 4. The van der Waals surface area contributed by atoms with Crippen LogP contribution in [0.5, 0.6) is 0 Å². The summed E-state index contributed by atoms with van der Waals surface area (Å²) in [6.45, 7) is 3.62. The molecule has 6 rings (SSSR count). The first-order valence-electron chi connectivity index (χ1n) is 18.3. The molecule has 5 atom stereocenters.